The van der Waals surface area contributed by atoms with Crippen molar-refractivity contribution in [2.24, 2.45) is 5.10 Å². The number of nitrogens with zero attached hydrogens (tertiary/aromatic N) is 2. The lowest BCUT2D eigenvalue weighted by molar-refractivity contribution is 0.143. The molecule has 7 nitrogen and oxygen atoms in total. The number of carbonyl (C=O) groups excluding carboxylic acids is 1. The first-order valence-electron chi connectivity index (χ1n) is 5.69. The largest absolute Gasteiger partial charge is 0.436 e. The SMILES string of the molecule is CN/N=C(\NNC)C1OC(=O)N(C(C)C)C1C. The van der Waals surface area contributed by atoms with Crippen molar-refractivity contribution in [3.8, 4) is 0 Å². The molecule has 0 aliphatic carbocycles. The molecule has 0 aromatic rings. The van der Waals surface area contributed by atoms with Crippen molar-refractivity contribution in [3.63, 3.8) is 0 Å². The summed E-state index contributed by atoms with van der Waals surface area (Å²) in [4.78, 5) is 13.4. The maximum absolute atomic E-state index is 11.7. The van der Waals surface area contributed by atoms with Crippen LogP contribution in [0.2, 0.25) is 0 Å². The van der Waals surface area contributed by atoms with Gasteiger partial charge in [0.15, 0.2) is 11.9 Å². The first kappa shape index (κ1) is 13.6. The van der Waals surface area contributed by atoms with Crippen molar-refractivity contribution in [2.75, 3.05) is 14.1 Å². The second-order valence-electron chi connectivity index (χ2n) is 4.14. The highest BCUT2D eigenvalue weighted by atomic mass is 16.6. The molecule has 2 unspecified atom stereocenters. The molecule has 1 aliphatic heterocycles. The summed E-state index contributed by atoms with van der Waals surface area (Å²) in [6.45, 7) is 5.86. The summed E-state index contributed by atoms with van der Waals surface area (Å²) in [5, 5.41) is 4.06. The molecule has 0 spiro atoms. The summed E-state index contributed by atoms with van der Waals surface area (Å²) in [7, 11) is 3.42. The van der Waals surface area contributed by atoms with E-state index in [1.165, 1.54) is 0 Å². The van der Waals surface area contributed by atoms with Crippen molar-refractivity contribution in [2.45, 2.75) is 39.0 Å². The Balaban J connectivity index is 2.85. The first-order chi connectivity index (χ1) is 8.02. The molecular formula is C10H21N5O2. The van der Waals surface area contributed by atoms with Crippen molar-refractivity contribution in [1.29, 1.82) is 0 Å². The average molecular weight is 243 g/mol. The van der Waals surface area contributed by atoms with Crippen LogP contribution in [0.5, 0.6) is 0 Å². The summed E-state index contributed by atoms with van der Waals surface area (Å²) < 4.78 is 5.33. The Morgan fingerprint density at radius 1 is 1.47 bits per heavy atom. The number of ether oxygens (including phenoxy) is 1. The van der Waals surface area contributed by atoms with Crippen LogP contribution in [0.1, 0.15) is 20.8 Å². The summed E-state index contributed by atoms with van der Waals surface area (Å²) in [5.74, 6) is 0.555. The number of cyclic esters (lactones) is 1. The van der Waals surface area contributed by atoms with Gasteiger partial charge in [-0.3, -0.25) is 4.90 Å². The average Bonchev–Trinajstić information content (AvgIpc) is 2.54. The monoisotopic (exact) mass is 243 g/mol. The predicted molar refractivity (Wildman–Crippen MR) is 65.4 cm³/mol. The van der Waals surface area contributed by atoms with E-state index in [4.69, 9.17) is 4.74 Å². The van der Waals surface area contributed by atoms with Gasteiger partial charge in [-0.25, -0.2) is 10.2 Å². The lowest BCUT2D eigenvalue weighted by Crippen LogP contribution is -2.48. The number of rotatable bonds is 4. The molecule has 1 rings (SSSR count). The Kier molecular flexibility index (Phi) is 4.56. The van der Waals surface area contributed by atoms with E-state index in [-0.39, 0.29) is 18.2 Å². The highest BCUT2D eigenvalue weighted by Gasteiger charge is 2.43. The van der Waals surface area contributed by atoms with E-state index in [0.29, 0.717) is 5.84 Å². The number of carbonyl (C=O) groups is 1. The number of hydrogen-bond donors (Lipinski definition) is 3. The minimum Gasteiger partial charge on any atom is -0.436 e. The second-order valence-corrected chi connectivity index (χ2v) is 4.14. The molecule has 1 amide bonds. The molecule has 3 N–H and O–H groups in total. The summed E-state index contributed by atoms with van der Waals surface area (Å²) >= 11 is 0. The number of hydrazone groups is 1. The van der Waals surface area contributed by atoms with Crippen LogP contribution in [0, 0.1) is 0 Å². The fraction of sp³-hybridized carbons (Fsp3) is 0.800. The van der Waals surface area contributed by atoms with Crippen LogP contribution in [0.25, 0.3) is 0 Å². The molecule has 17 heavy (non-hydrogen) atoms. The van der Waals surface area contributed by atoms with Gasteiger partial charge in [0.05, 0.1) is 6.04 Å². The molecule has 7 heteroatoms. The number of hydrazine groups is 1. The van der Waals surface area contributed by atoms with Gasteiger partial charge < -0.3 is 15.6 Å². The maximum Gasteiger partial charge on any atom is 0.411 e. The minimum atomic E-state index is -0.398. The fourth-order valence-electron chi connectivity index (χ4n) is 1.96. The van der Waals surface area contributed by atoms with E-state index >= 15 is 0 Å². The second kappa shape index (κ2) is 5.72. The molecule has 0 aromatic heterocycles. The minimum absolute atomic E-state index is 0.0598. The van der Waals surface area contributed by atoms with E-state index < -0.39 is 6.10 Å². The van der Waals surface area contributed by atoms with Gasteiger partial charge >= 0.3 is 6.09 Å². The highest BCUT2D eigenvalue weighted by Crippen LogP contribution is 2.22. The van der Waals surface area contributed by atoms with Crippen molar-refractivity contribution < 1.29 is 9.53 Å². The van der Waals surface area contributed by atoms with Crippen LogP contribution in [-0.4, -0.2) is 49.1 Å². The zero-order chi connectivity index (χ0) is 13.0. The van der Waals surface area contributed by atoms with Crippen molar-refractivity contribution in [1.82, 2.24) is 21.2 Å². The number of amidine groups is 1. The number of amides is 1. The van der Waals surface area contributed by atoms with Crippen molar-refractivity contribution in [3.05, 3.63) is 0 Å². The molecule has 0 aromatic carbocycles. The fourth-order valence-corrected chi connectivity index (χ4v) is 1.96. The number of hydrogen-bond acceptors (Lipinski definition) is 5. The molecule has 98 valence electrons. The van der Waals surface area contributed by atoms with Crippen LogP contribution in [-0.2, 0) is 4.74 Å². The molecule has 2 atom stereocenters. The van der Waals surface area contributed by atoms with Gasteiger partial charge in [-0.15, -0.1) is 0 Å². The van der Waals surface area contributed by atoms with Gasteiger partial charge in [0, 0.05) is 20.1 Å². The Bertz CT molecular complexity index is 305. The Morgan fingerprint density at radius 3 is 2.53 bits per heavy atom. The quantitative estimate of drug-likeness (QED) is 0.364. The predicted octanol–water partition coefficient (Wildman–Crippen LogP) is -0.139. The molecular weight excluding hydrogens is 222 g/mol. The molecule has 0 saturated carbocycles. The van der Waals surface area contributed by atoms with Gasteiger partial charge in [-0.05, 0) is 20.8 Å². The van der Waals surface area contributed by atoms with Gasteiger partial charge in [0.25, 0.3) is 0 Å². The third-order valence-corrected chi connectivity index (χ3v) is 2.63. The lowest BCUT2D eigenvalue weighted by Gasteiger charge is -2.24. The zero-order valence-corrected chi connectivity index (χ0v) is 10.9. The Hall–Kier alpha value is -1.50. The topological polar surface area (TPSA) is 78.0 Å². The van der Waals surface area contributed by atoms with E-state index in [9.17, 15) is 4.79 Å². The molecule has 0 bridgehead atoms. The zero-order valence-electron chi connectivity index (χ0n) is 10.9. The van der Waals surface area contributed by atoms with E-state index in [1.807, 2.05) is 20.8 Å². The van der Waals surface area contributed by atoms with Crippen LogP contribution in [0.3, 0.4) is 0 Å². The van der Waals surface area contributed by atoms with Crippen molar-refractivity contribution >= 4 is 11.9 Å². The van der Waals surface area contributed by atoms with Gasteiger partial charge in [0.2, 0.25) is 0 Å². The van der Waals surface area contributed by atoms with Crippen LogP contribution in [0.4, 0.5) is 4.79 Å². The highest BCUT2D eigenvalue weighted by molar-refractivity contribution is 5.90. The Morgan fingerprint density at radius 2 is 2.12 bits per heavy atom. The molecule has 1 heterocycles. The van der Waals surface area contributed by atoms with Gasteiger partial charge in [-0.1, -0.05) is 0 Å². The molecule has 1 fully saturated rings. The van der Waals surface area contributed by atoms with Crippen LogP contribution < -0.4 is 16.3 Å². The van der Waals surface area contributed by atoms with E-state index in [0.717, 1.165) is 0 Å². The third kappa shape index (κ3) is 2.79. The summed E-state index contributed by atoms with van der Waals surface area (Å²) in [6.07, 6.45) is -0.705. The van der Waals surface area contributed by atoms with E-state index in [1.54, 1.807) is 19.0 Å². The molecule has 1 saturated heterocycles. The lowest BCUT2D eigenvalue weighted by atomic mass is 10.1. The summed E-state index contributed by atoms with van der Waals surface area (Å²) in [5.41, 5.74) is 8.33. The normalized spacial score (nSPS) is 25.2. The standard InChI is InChI=1S/C10H21N5O2/c1-6(2)15-7(3)8(17-10(15)16)9(13-11-4)14-12-5/h6-8,11-12H,1-5H3,(H,13,14). The number of nitrogens with one attached hydrogen (secondary N) is 3. The van der Waals surface area contributed by atoms with Crippen LogP contribution in [0.15, 0.2) is 5.10 Å². The van der Waals surface area contributed by atoms with E-state index in [2.05, 4.69) is 21.4 Å². The smallest absolute Gasteiger partial charge is 0.411 e. The summed E-state index contributed by atoms with van der Waals surface area (Å²) in [6, 6.07) is 0.0448. The molecule has 0 radical (unpaired) electrons. The van der Waals surface area contributed by atoms with Crippen LogP contribution >= 0.6 is 0 Å². The third-order valence-electron chi connectivity index (χ3n) is 2.63. The van der Waals surface area contributed by atoms with Gasteiger partial charge in [0.1, 0.15) is 0 Å². The van der Waals surface area contributed by atoms with Gasteiger partial charge in [-0.2, -0.15) is 5.10 Å². The molecule has 1 aliphatic rings. The Labute approximate surface area is 102 Å². The maximum atomic E-state index is 11.7. The first-order valence-corrected chi connectivity index (χ1v) is 5.69.